The van der Waals surface area contributed by atoms with Gasteiger partial charge in [-0.15, -0.1) is 0 Å². The molecule has 94 valence electrons. The van der Waals surface area contributed by atoms with Crippen LogP contribution in [0.1, 0.15) is 11.1 Å². The van der Waals surface area contributed by atoms with E-state index in [0.29, 0.717) is 0 Å². The fourth-order valence-corrected chi connectivity index (χ4v) is 2.91. The van der Waals surface area contributed by atoms with Crippen LogP contribution in [0.3, 0.4) is 0 Å². The highest BCUT2D eigenvalue weighted by atomic mass is 14.2. The summed E-state index contributed by atoms with van der Waals surface area (Å²) in [5.74, 6) is 0. The number of hydrogen-bond donors (Lipinski definition) is 0. The molecule has 0 aromatic heterocycles. The van der Waals surface area contributed by atoms with Gasteiger partial charge in [0, 0.05) is 0 Å². The number of hydrogen-bond acceptors (Lipinski definition) is 0. The van der Waals surface area contributed by atoms with E-state index in [-0.39, 0.29) is 0 Å². The summed E-state index contributed by atoms with van der Waals surface area (Å²) in [5, 5.41) is 0. The number of fused-ring (bicyclic) bond motifs is 5. The first-order chi connectivity index (χ1) is 9.93. The Morgan fingerprint density at radius 1 is 0.350 bits per heavy atom. The molecular formula is C20H14. The lowest BCUT2D eigenvalue weighted by atomic mass is 9.87. The second kappa shape index (κ2) is 4.50. The molecule has 3 aromatic carbocycles. The fourth-order valence-electron chi connectivity index (χ4n) is 2.91. The van der Waals surface area contributed by atoms with Gasteiger partial charge in [0.15, 0.2) is 0 Å². The van der Waals surface area contributed by atoms with Crippen molar-refractivity contribution in [1.29, 1.82) is 0 Å². The topological polar surface area (TPSA) is 0 Å². The highest BCUT2D eigenvalue weighted by molar-refractivity contribution is 5.95. The van der Waals surface area contributed by atoms with Gasteiger partial charge in [-0.1, -0.05) is 84.9 Å². The summed E-state index contributed by atoms with van der Waals surface area (Å²) in [6.45, 7) is 0. The third-order valence-corrected chi connectivity index (χ3v) is 3.87. The minimum atomic E-state index is 1.27. The maximum atomic E-state index is 2.21. The van der Waals surface area contributed by atoms with Crippen molar-refractivity contribution < 1.29 is 0 Å². The van der Waals surface area contributed by atoms with Crippen molar-refractivity contribution in [2.45, 2.75) is 0 Å². The predicted molar refractivity (Wildman–Crippen MR) is 86.2 cm³/mol. The van der Waals surface area contributed by atoms with Gasteiger partial charge in [-0.2, -0.15) is 0 Å². The largest absolute Gasteiger partial charge is 0.0616 e. The highest BCUT2D eigenvalue weighted by Gasteiger charge is 2.13. The van der Waals surface area contributed by atoms with Gasteiger partial charge in [0.05, 0.1) is 0 Å². The molecule has 0 fully saturated rings. The zero-order valence-corrected chi connectivity index (χ0v) is 11.1. The molecule has 0 bridgehead atoms. The maximum absolute atomic E-state index is 2.21. The van der Waals surface area contributed by atoms with Crippen LogP contribution in [0, 0.1) is 0 Å². The van der Waals surface area contributed by atoms with E-state index in [0.717, 1.165) is 0 Å². The monoisotopic (exact) mass is 254 g/mol. The Balaban J connectivity index is 2.13. The van der Waals surface area contributed by atoms with Crippen molar-refractivity contribution in [3.05, 3.63) is 83.9 Å². The van der Waals surface area contributed by atoms with Gasteiger partial charge in [-0.25, -0.2) is 0 Å². The standard InChI is InChI=1S/C20H14/c1-3-9-17-15(7-1)13-14-16-8-2-4-10-18(16)20-12-6-5-11-19(17)20/h1-14H. The summed E-state index contributed by atoms with van der Waals surface area (Å²) in [6.07, 6.45) is 4.42. The van der Waals surface area contributed by atoms with Gasteiger partial charge in [-0.05, 0) is 33.4 Å². The molecule has 0 spiro atoms. The van der Waals surface area contributed by atoms with Gasteiger partial charge >= 0.3 is 0 Å². The van der Waals surface area contributed by atoms with E-state index in [1.54, 1.807) is 0 Å². The first-order valence-electron chi connectivity index (χ1n) is 6.89. The Labute approximate surface area is 119 Å². The van der Waals surface area contributed by atoms with Crippen molar-refractivity contribution in [2.75, 3.05) is 0 Å². The summed E-state index contributed by atoms with van der Waals surface area (Å²) in [4.78, 5) is 0. The summed E-state index contributed by atoms with van der Waals surface area (Å²) >= 11 is 0. The molecule has 3 aromatic rings. The third kappa shape index (κ3) is 1.70. The maximum Gasteiger partial charge on any atom is -0.00992 e. The molecule has 1 aliphatic rings. The van der Waals surface area contributed by atoms with Crippen molar-refractivity contribution >= 4 is 12.2 Å². The van der Waals surface area contributed by atoms with Crippen molar-refractivity contribution in [1.82, 2.24) is 0 Å². The Morgan fingerprint density at radius 2 is 0.700 bits per heavy atom. The lowest BCUT2D eigenvalue weighted by Crippen LogP contribution is -1.92. The van der Waals surface area contributed by atoms with Crippen LogP contribution in [0.5, 0.6) is 0 Å². The summed E-state index contributed by atoms with van der Waals surface area (Å²) < 4.78 is 0. The Morgan fingerprint density at radius 3 is 1.15 bits per heavy atom. The lowest BCUT2D eigenvalue weighted by Gasteiger charge is -2.16. The van der Waals surface area contributed by atoms with Crippen LogP contribution in [0.2, 0.25) is 0 Å². The molecule has 0 unspecified atom stereocenters. The van der Waals surface area contributed by atoms with Gasteiger partial charge < -0.3 is 0 Å². The minimum Gasteiger partial charge on any atom is -0.0616 e. The van der Waals surface area contributed by atoms with E-state index in [4.69, 9.17) is 0 Å². The van der Waals surface area contributed by atoms with E-state index in [1.165, 1.54) is 33.4 Å². The molecule has 0 N–H and O–H groups in total. The van der Waals surface area contributed by atoms with Crippen LogP contribution >= 0.6 is 0 Å². The second-order valence-electron chi connectivity index (χ2n) is 5.05. The molecule has 1 aliphatic carbocycles. The summed E-state index contributed by atoms with van der Waals surface area (Å²) in [5.41, 5.74) is 7.76. The zero-order chi connectivity index (χ0) is 13.4. The Bertz CT molecular complexity index is 741. The molecule has 0 radical (unpaired) electrons. The molecule has 0 saturated heterocycles. The van der Waals surface area contributed by atoms with Crippen LogP contribution in [0.25, 0.3) is 34.4 Å². The second-order valence-corrected chi connectivity index (χ2v) is 5.05. The minimum absolute atomic E-state index is 1.27. The Kier molecular flexibility index (Phi) is 2.53. The highest BCUT2D eigenvalue weighted by Crippen LogP contribution is 2.38. The molecule has 0 atom stereocenters. The van der Waals surface area contributed by atoms with Gasteiger partial charge in [0.2, 0.25) is 0 Å². The van der Waals surface area contributed by atoms with Crippen LogP contribution in [0.4, 0.5) is 0 Å². The molecule has 0 nitrogen and oxygen atoms in total. The quantitative estimate of drug-likeness (QED) is 0.388. The smallest absolute Gasteiger partial charge is 0.00992 e. The molecule has 0 saturated carbocycles. The molecule has 0 heteroatoms. The van der Waals surface area contributed by atoms with E-state index < -0.39 is 0 Å². The molecule has 0 aliphatic heterocycles. The molecule has 0 heterocycles. The average Bonchev–Trinajstić information content (AvgIpc) is 2.52. The molecule has 0 amide bonds. The first-order valence-corrected chi connectivity index (χ1v) is 6.89. The van der Waals surface area contributed by atoms with E-state index in [1.807, 2.05) is 0 Å². The normalized spacial score (nSPS) is 11.8. The molecule has 4 rings (SSSR count). The predicted octanol–water partition coefficient (Wildman–Crippen LogP) is 5.50. The van der Waals surface area contributed by atoms with Crippen molar-refractivity contribution in [3.63, 3.8) is 0 Å². The van der Waals surface area contributed by atoms with Crippen LogP contribution in [0.15, 0.2) is 72.8 Å². The number of benzene rings is 3. The van der Waals surface area contributed by atoms with Gasteiger partial charge in [-0.3, -0.25) is 0 Å². The van der Waals surface area contributed by atoms with Gasteiger partial charge in [0.1, 0.15) is 0 Å². The van der Waals surface area contributed by atoms with Crippen LogP contribution in [-0.4, -0.2) is 0 Å². The SMILES string of the molecule is C1=Cc2ccccc2-c2ccccc2-c2ccccc21. The Hall–Kier alpha value is -2.60. The zero-order valence-electron chi connectivity index (χ0n) is 11.1. The summed E-state index contributed by atoms with van der Waals surface area (Å²) in [6, 6.07) is 25.8. The summed E-state index contributed by atoms with van der Waals surface area (Å²) in [7, 11) is 0. The van der Waals surface area contributed by atoms with E-state index in [9.17, 15) is 0 Å². The van der Waals surface area contributed by atoms with Gasteiger partial charge in [0.25, 0.3) is 0 Å². The van der Waals surface area contributed by atoms with E-state index in [2.05, 4.69) is 84.9 Å². The molecule has 20 heavy (non-hydrogen) atoms. The van der Waals surface area contributed by atoms with Crippen LogP contribution < -0.4 is 0 Å². The fraction of sp³-hybridized carbons (Fsp3) is 0. The van der Waals surface area contributed by atoms with Crippen LogP contribution in [-0.2, 0) is 0 Å². The third-order valence-electron chi connectivity index (χ3n) is 3.87. The van der Waals surface area contributed by atoms with Crippen molar-refractivity contribution in [3.8, 4) is 22.3 Å². The molecular weight excluding hydrogens is 240 g/mol. The van der Waals surface area contributed by atoms with Crippen molar-refractivity contribution in [2.24, 2.45) is 0 Å². The van der Waals surface area contributed by atoms with E-state index >= 15 is 0 Å². The first kappa shape index (κ1) is 11.2. The number of rotatable bonds is 0. The lowest BCUT2D eigenvalue weighted by molar-refractivity contribution is 1.54. The average molecular weight is 254 g/mol.